The summed E-state index contributed by atoms with van der Waals surface area (Å²) in [4.78, 5) is 0. The molecule has 1 N–H and O–H groups in total. The third-order valence-corrected chi connectivity index (χ3v) is 3.02. The first kappa shape index (κ1) is 11.5. The Kier molecular flexibility index (Phi) is 3.20. The zero-order valence-electron chi connectivity index (χ0n) is 10.4. The molecule has 1 aromatic rings. The molecule has 1 heterocycles. The van der Waals surface area contributed by atoms with Crippen LogP contribution < -0.4 is 10.1 Å². The third-order valence-electron chi connectivity index (χ3n) is 3.02. The van der Waals surface area contributed by atoms with Gasteiger partial charge in [0.15, 0.2) is 0 Å². The fraction of sp³-hybridized carbons (Fsp3) is 0.571. The van der Waals surface area contributed by atoms with Crippen LogP contribution in [0.3, 0.4) is 0 Å². The van der Waals surface area contributed by atoms with Crippen LogP contribution in [0.25, 0.3) is 0 Å². The van der Waals surface area contributed by atoms with Gasteiger partial charge < -0.3 is 10.1 Å². The van der Waals surface area contributed by atoms with Gasteiger partial charge in [-0.2, -0.15) is 0 Å². The molecule has 2 nitrogen and oxygen atoms in total. The SMILES string of the molecule is CCCNC1CC(C)(C)Oc2ccccc21. The molecule has 88 valence electrons. The van der Waals surface area contributed by atoms with E-state index in [0.29, 0.717) is 6.04 Å². The van der Waals surface area contributed by atoms with Crippen molar-refractivity contribution in [2.45, 2.75) is 45.3 Å². The van der Waals surface area contributed by atoms with E-state index in [1.165, 1.54) is 12.0 Å². The molecule has 0 aliphatic carbocycles. The molecule has 0 amide bonds. The van der Waals surface area contributed by atoms with E-state index in [1.807, 2.05) is 6.07 Å². The number of hydrogen-bond donors (Lipinski definition) is 1. The zero-order valence-corrected chi connectivity index (χ0v) is 10.4. The summed E-state index contributed by atoms with van der Waals surface area (Å²) in [6.07, 6.45) is 2.20. The summed E-state index contributed by atoms with van der Waals surface area (Å²) >= 11 is 0. The lowest BCUT2D eigenvalue weighted by Crippen LogP contribution is -2.39. The molecule has 16 heavy (non-hydrogen) atoms. The summed E-state index contributed by atoms with van der Waals surface area (Å²) in [5, 5.41) is 3.60. The smallest absolute Gasteiger partial charge is 0.124 e. The Labute approximate surface area is 98.0 Å². The van der Waals surface area contributed by atoms with Gasteiger partial charge in [0.25, 0.3) is 0 Å². The molecule has 1 aliphatic heterocycles. The second-order valence-corrected chi connectivity index (χ2v) is 5.11. The second kappa shape index (κ2) is 4.46. The van der Waals surface area contributed by atoms with Gasteiger partial charge in [0.2, 0.25) is 0 Å². The normalized spacial score (nSPS) is 22.3. The molecule has 0 saturated carbocycles. The molecule has 0 aromatic heterocycles. The molecule has 0 bridgehead atoms. The molecule has 0 saturated heterocycles. The minimum atomic E-state index is -0.0697. The van der Waals surface area contributed by atoms with E-state index in [-0.39, 0.29) is 5.60 Å². The summed E-state index contributed by atoms with van der Waals surface area (Å²) < 4.78 is 5.99. The minimum Gasteiger partial charge on any atom is -0.487 e. The Morgan fingerprint density at radius 1 is 1.38 bits per heavy atom. The van der Waals surface area contributed by atoms with Gasteiger partial charge in [-0.15, -0.1) is 0 Å². The lowest BCUT2D eigenvalue weighted by molar-refractivity contribution is 0.0661. The fourth-order valence-corrected chi connectivity index (χ4v) is 2.30. The Morgan fingerprint density at radius 3 is 2.88 bits per heavy atom. The van der Waals surface area contributed by atoms with Crippen LogP contribution in [0.5, 0.6) is 5.75 Å². The van der Waals surface area contributed by atoms with E-state index in [9.17, 15) is 0 Å². The maximum atomic E-state index is 5.99. The molecular weight excluding hydrogens is 198 g/mol. The predicted octanol–water partition coefficient (Wildman–Crippen LogP) is 3.29. The van der Waals surface area contributed by atoms with Crippen LogP contribution in [-0.4, -0.2) is 12.1 Å². The number of para-hydroxylation sites is 1. The molecule has 1 aromatic carbocycles. The molecule has 2 heteroatoms. The van der Waals surface area contributed by atoms with E-state index in [0.717, 1.165) is 18.7 Å². The highest BCUT2D eigenvalue weighted by Crippen LogP contribution is 2.38. The van der Waals surface area contributed by atoms with Crippen LogP contribution in [-0.2, 0) is 0 Å². The van der Waals surface area contributed by atoms with E-state index < -0.39 is 0 Å². The van der Waals surface area contributed by atoms with Crippen LogP contribution in [0, 0.1) is 0 Å². The average Bonchev–Trinajstić information content (AvgIpc) is 2.24. The Hall–Kier alpha value is -1.02. The fourth-order valence-electron chi connectivity index (χ4n) is 2.30. The highest BCUT2D eigenvalue weighted by atomic mass is 16.5. The van der Waals surface area contributed by atoms with Crippen molar-refractivity contribution in [3.8, 4) is 5.75 Å². The topological polar surface area (TPSA) is 21.3 Å². The number of hydrogen-bond acceptors (Lipinski definition) is 2. The number of nitrogens with one attached hydrogen (secondary N) is 1. The van der Waals surface area contributed by atoms with E-state index in [4.69, 9.17) is 4.74 Å². The van der Waals surface area contributed by atoms with Gasteiger partial charge in [0.05, 0.1) is 0 Å². The Bertz CT molecular complexity index is 360. The standard InChI is InChI=1S/C14H21NO/c1-4-9-15-12-10-14(2,3)16-13-8-6-5-7-11(12)13/h5-8,12,15H,4,9-10H2,1-3H3. The van der Waals surface area contributed by atoms with Crippen molar-refractivity contribution >= 4 is 0 Å². The summed E-state index contributed by atoms with van der Waals surface area (Å²) in [6.45, 7) is 7.57. The molecule has 1 atom stereocenters. The van der Waals surface area contributed by atoms with Gasteiger partial charge in [-0.3, -0.25) is 0 Å². The first-order valence-electron chi connectivity index (χ1n) is 6.14. The molecule has 0 fully saturated rings. The lowest BCUT2D eigenvalue weighted by Gasteiger charge is -2.38. The van der Waals surface area contributed by atoms with Crippen molar-refractivity contribution in [3.63, 3.8) is 0 Å². The highest BCUT2D eigenvalue weighted by molar-refractivity contribution is 5.38. The van der Waals surface area contributed by atoms with Crippen LogP contribution in [0.1, 0.15) is 45.2 Å². The summed E-state index contributed by atoms with van der Waals surface area (Å²) in [5.74, 6) is 1.03. The van der Waals surface area contributed by atoms with Gasteiger partial charge in [0, 0.05) is 18.0 Å². The molecule has 1 aliphatic rings. The molecular formula is C14H21NO. The van der Waals surface area contributed by atoms with Gasteiger partial charge in [-0.1, -0.05) is 25.1 Å². The first-order chi connectivity index (χ1) is 7.62. The highest BCUT2D eigenvalue weighted by Gasteiger charge is 2.32. The maximum Gasteiger partial charge on any atom is 0.124 e. The number of ether oxygens (including phenoxy) is 1. The van der Waals surface area contributed by atoms with Crippen molar-refractivity contribution < 1.29 is 4.74 Å². The first-order valence-corrected chi connectivity index (χ1v) is 6.14. The van der Waals surface area contributed by atoms with E-state index in [1.54, 1.807) is 0 Å². The summed E-state index contributed by atoms with van der Waals surface area (Å²) in [7, 11) is 0. The largest absolute Gasteiger partial charge is 0.487 e. The van der Waals surface area contributed by atoms with Crippen LogP contribution in [0.4, 0.5) is 0 Å². The zero-order chi connectivity index (χ0) is 11.6. The molecule has 1 unspecified atom stereocenters. The molecule has 0 spiro atoms. The number of fused-ring (bicyclic) bond motifs is 1. The van der Waals surface area contributed by atoms with Crippen molar-refractivity contribution in [1.29, 1.82) is 0 Å². The monoisotopic (exact) mass is 219 g/mol. The van der Waals surface area contributed by atoms with Crippen molar-refractivity contribution in [1.82, 2.24) is 5.32 Å². The maximum absolute atomic E-state index is 5.99. The van der Waals surface area contributed by atoms with Crippen LogP contribution >= 0.6 is 0 Å². The Morgan fingerprint density at radius 2 is 2.12 bits per heavy atom. The van der Waals surface area contributed by atoms with Gasteiger partial charge in [-0.05, 0) is 32.9 Å². The quantitative estimate of drug-likeness (QED) is 0.842. The van der Waals surface area contributed by atoms with Crippen LogP contribution in [0.15, 0.2) is 24.3 Å². The van der Waals surface area contributed by atoms with Gasteiger partial charge >= 0.3 is 0 Å². The van der Waals surface area contributed by atoms with E-state index >= 15 is 0 Å². The molecule has 2 rings (SSSR count). The number of rotatable bonds is 3. The van der Waals surface area contributed by atoms with Crippen LogP contribution in [0.2, 0.25) is 0 Å². The summed E-state index contributed by atoms with van der Waals surface area (Å²) in [6, 6.07) is 8.78. The van der Waals surface area contributed by atoms with Gasteiger partial charge in [0.1, 0.15) is 11.4 Å². The third kappa shape index (κ3) is 2.38. The van der Waals surface area contributed by atoms with Crippen molar-refractivity contribution in [2.75, 3.05) is 6.54 Å². The average molecular weight is 219 g/mol. The van der Waals surface area contributed by atoms with Crippen molar-refractivity contribution in [3.05, 3.63) is 29.8 Å². The van der Waals surface area contributed by atoms with E-state index in [2.05, 4.69) is 44.3 Å². The second-order valence-electron chi connectivity index (χ2n) is 5.11. The van der Waals surface area contributed by atoms with Crippen molar-refractivity contribution in [2.24, 2.45) is 0 Å². The minimum absolute atomic E-state index is 0.0697. The summed E-state index contributed by atoms with van der Waals surface area (Å²) in [5.41, 5.74) is 1.23. The van der Waals surface area contributed by atoms with Gasteiger partial charge in [-0.25, -0.2) is 0 Å². The predicted molar refractivity (Wildman–Crippen MR) is 66.8 cm³/mol. The Balaban J connectivity index is 2.25. The number of benzene rings is 1. The molecule has 0 radical (unpaired) electrons. The lowest BCUT2D eigenvalue weighted by atomic mass is 9.89.